The van der Waals surface area contributed by atoms with Gasteiger partial charge in [0.15, 0.2) is 0 Å². The molecule has 0 heterocycles. The van der Waals surface area contributed by atoms with Gasteiger partial charge in [0, 0.05) is 36.1 Å². The van der Waals surface area contributed by atoms with Crippen molar-refractivity contribution in [3.8, 4) is 0 Å². The maximum Gasteiger partial charge on any atom is 0.226 e. The van der Waals surface area contributed by atoms with Crippen LogP contribution in [0, 0.1) is 0 Å². The van der Waals surface area contributed by atoms with Gasteiger partial charge in [0.05, 0.1) is 0 Å². The number of anilines is 1. The van der Waals surface area contributed by atoms with E-state index in [1.807, 2.05) is 12.1 Å². The monoisotopic (exact) mass is 313 g/mol. The van der Waals surface area contributed by atoms with E-state index in [0.717, 1.165) is 10.2 Å². The molecule has 4 N–H and O–H groups in total. The van der Waals surface area contributed by atoms with E-state index in [2.05, 4.69) is 26.6 Å². The van der Waals surface area contributed by atoms with Crippen molar-refractivity contribution in [1.82, 2.24) is 5.32 Å². The van der Waals surface area contributed by atoms with Crippen LogP contribution in [0.4, 0.5) is 5.69 Å². The Labute approximate surface area is 114 Å². The summed E-state index contributed by atoms with van der Waals surface area (Å²) < 4.78 is 0.953. The molecule has 0 saturated carbocycles. The van der Waals surface area contributed by atoms with E-state index in [1.54, 1.807) is 12.1 Å². The van der Waals surface area contributed by atoms with E-state index < -0.39 is 0 Å². The molecule has 1 rings (SSSR count). The number of carbonyl (C=O) groups excluding carboxylic acids is 2. The Balaban J connectivity index is 2.25. The first kappa shape index (κ1) is 14.7. The van der Waals surface area contributed by atoms with Crippen LogP contribution in [0.15, 0.2) is 28.7 Å². The van der Waals surface area contributed by atoms with Crippen molar-refractivity contribution in [3.63, 3.8) is 0 Å². The van der Waals surface area contributed by atoms with Crippen LogP contribution in [-0.4, -0.2) is 24.9 Å². The van der Waals surface area contributed by atoms with Gasteiger partial charge in [0.25, 0.3) is 0 Å². The molecule has 0 spiro atoms. The number of hydrogen-bond donors (Lipinski definition) is 3. The van der Waals surface area contributed by atoms with Crippen molar-refractivity contribution < 1.29 is 9.59 Å². The minimum atomic E-state index is -0.134. The Bertz CT molecular complexity index is 406. The number of carbonyl (C=O) groups is 2. The van der Waals surface area contributed by atoms with Gasteiger partial charge < -0.3 is 16.4 Å². The molecule has 5 nitrogen and oxygen atoms in total. The zero-order chi connectivity index (χ0) is 13.4. The first-order chi connectivity index (χ1) is 8.61. The first-order valence-electron chi connectivity index (χ1n) is 5.64. The highest BCUT2D eigenvalue weighted by Gasteiger charge is 2.04. The lowest BCUT2D eigenvalue weighted by Gasteiger charge is -2.06. The summed E-state index contributed by atoms with van der Waals surface area (Å²) in [6.45, 7) is 0.637. The van der Waals surface area contributed by atoms with Gasteiger partial charge in [-0.1, -0.05) is 15.9 Å². The lowest BCUT2D eigenvalue weighted by Crippen LogP contribution is -2.29. The fourth-order valence-corrected chi connectivity index (χ4v) is 1.56. The maximum atomic E-state index is 11.5. The van der Waals surface area contributed by atoms with Gasteiger partial charge in [0.1, 0.15) is 0 Å². The summed E-state index contributed by atoms with van der Waals surface area (Å²) >= 11 is 3.31. The molecule has 0 aliphatic carbocycles. The number of nitrogens with one attached hydrogen (secondary N) is 2. The molecule has 0 unspecified atom stereocenters. The molecule has 98 valence electrons. The van der Waals surface area contributed by atoms with Crippen molar-refractivity contribution in [2.45, 2.75) is 12.8 Å². The third kappa shape index (κ3) is 5.79. The molecule has 0 aromatic heterocycles. The predicted octanol–water partition coefficient (Wildman–Crippen LogP) is 1.24. The number of rotatable bonds is 6. The molecule has 0 saturated heterocycles. The van der Waals surface area contributed by atoms with E-state index in [1.165, 1.54) is 0 Å². The van der Waals surface area contributed by atoms with E-state index in [-0.39, 0.29) is 24.7 Å². The summed E-state index contributed by atoms with van der Waals surface area (Å²) in [6, 6.07) is 7.29. The van der Waals surface area contributed by atoms with E-state index in [0.29, 0.717) is 13.1 Å². The van der Waals surface area contributed by atoms with Crippen molar-refractivity contribution in [3.05, 3.63) is 28.7 Å². The number of amides is 2. The number of nitrogens with two attached hydrogens (primary N) is 1. The normalized spacial score (nSPS) is 9.89. The van der Waals surface area contributed by atoms with Crippen molar-refractivity contribution in [1.29, 1.82) is 0 Å². The lowest BCUT2D eigenvalue weighted by molar-refractivity contribution is -0.121. The first-order valence-corrected chi connectivity index (χ1v) is 6.43. The standard InChI is InChI=1S/C12H16BrN3O2/c13-9-1-3-10(4-2-9)16-12(18)6-8-15-11(17)5-7-14/h1-4H,5-8,14H2,(H,15,17)(H,16,18). The summed E-state index contributed by atoms with van der Waals surface area (Å²) in [4.78, 5) is 22.6. The number of benzene rings is 1. The molecular weight excluding hydrogens is 298 g/mol. The second-order valence-electron chi connectivity index (χ2n) is 3.69. The zero-order valence-electron chi connectivity index (χ0n) is 9.91. The van der Waals surface area contributed by atoms with Crippen molar-refractivity contribution in [2.75, 3.05) is 18.4 Å². The van der Waals surface area contributed by atoms with Gasteiger partial charge in [0.2, 0.25) is 11.8 Å². The predicted molar refractivity (Wildman–Crippen MR) is 74.1 cm³/mol. The Hall–Kier alpha value is -1.40. The fourth-order valence-electron chi connectivity index (χ4n) is 1.29. The Kier molecular flexibility index (Phi) is 6.38. The summed E-state index contributed by atoms with van der Waals surface area (Å²) in [6.07, 6.45) is 0.528. The fraction of sp³-hybridized carbons (Fsp3) is 0.333. The van der Waals surface area contributed by atoms with Gasteiger partial charge in [-0.2, -0.15) is 0 Å². The third-order valence-electron chi connectivity index (χ3n) is 2.17. The minimum absolute atomic E-state index is 0.131. The van der Waals surface area contributed by atoms with Crippen LogP contribution in [-0.2, 0) is 9.59 Å². The highest BCUT2D eigenvalue weighted by molar-refractivity contribution is 9.10. The topological polar surface area (TPSA) is 84.2 Å². The van der Waals surface area contributed by atoms with Gasteiger partial charge in [-0.05, 0) is 24.3 Å². The molecule has 0 aliphatic rings. The highest BCUT2D eigenvalue weighted by atomic mass is 79.9. The number of hydrogen-bond acceptors (Lipinski definition) is 3. The van der Waals surface area contributed by atoms with Gasteiger partial charge in [-0.25, -0.2) is 0 Å². The largest absolute Gasteiger partial charge is 0.356 e. The van der Waals surface area contributed by atoms with Crippen LogP contribution in [0.25, 0.3) is 0 Å². The Morgan fingerprint density at radius 2 is 1.78 bits per heavy atom. The van der Waals surface area contributed by atoms with Crippen molar-refractivity contribution in [2.24, 2.45) is 5.73 Å². The maximum absolute atomic E-state index is 11.5. The van der Waals surface area contributed by atoms with Crippen LogP contribution >= 0.6 is 15.9 Å². The molecule has 0 atom stereocenters. The molecule has 0 bridgehead atoms. The SMILES string of the molecule is NCCC(=O)NCCC(=O)Nc1ccc(Br)cc1. The van der Waals surface area contributed by atoms with Crippen LogP contribution < -0.4 is 16.4 Å². The number of halogens is 1. The average molecular weight is 314 g/mol. The molecule has 0 fully saturated rings. The van der Waals surface area contributed by atoms with E-state index >= 15 is 0 Å². The highest BCUT2D eigenvalue weighted by Crippen LogP contribution is 2.14. The van der Waals surface area contributed by atoms with Gasteiger partial charge >= 0.3 is 0 Å². The Morgan fingerprint density at radius 3 is 2.39 bits per heavy atom. The molecule has 2 amide bonds. The quantitative estimate of drug-likeness (QED) is 0.739. The second kappa shape index (κ2) is 7.84. The van der Waals surface area contributed by atoms with E-state index in [4.69, 9.17) is 5.73 Å². The minimum Gasteiger partial charge on any atom is -0.356 e. The third-order valence-corrected chi connectivity index (χ3v) is 2.70. The molecule has 1 aromatic carbocycles. The smallest absolute Gasteiger partial charge is 0.226 e. The molecule has 1 aromatic rings. The summed E-state index contributed by atoms with van der Waals surface area (Å²) in [5.74, 6) is -0.265. The molecule has 0 aliphatic heterocycles. The van der Waals surface area contributed by atoms with Crippen LogP contribution in [0.5, 0.6) is 0 Å². The summed E-state index contributed by atoms with van der Waals surface area (Å²) in [7, 11) is 0. The summed E-state index contributed by atoms with van der Waals surface area (Å²) in [5, 5.41) is 5.36. The molecule has 6 heteroatoms. The van der Waals surface area contributed by atoms with Crippen LogP contribution in [0.1, 0.15) is 12.8 Å². The van der Waals surface area contributed by atoms with Gasteiger partial charge in [-0.15, -0.1) is 0 Å². The lowest BCUT2D eigenvalue weighted by atomic mass is 10.3. The molecule has 18 heavy (non-hydrogen) atoms. The zero-order valence-corrected chi connectivity index (χ0v) is 11.5. The van der Waals surface area contributed by atoms with Crippen LogP contribution in [0.3, 0.4) is 0 Å². The molecular formula is C12H16BrN3O2. The van der Waals surface area contributed by atoms with E-state index in [9.17, 15) is 9.59 Å². The average Bonchev–Trinajstić information content (AvgIpc) is 2.32. The molecule has 0 radical (unpaired) electrons. The Morgan fingerprint density at radius 1 is 1.11 bits per heavy atom. The second-order valence-corrected chi connectivity index (χ2v) is 4.61. The van der Waals surface area contributed by atoms with Gasteiger partial charge in [-0.3, -0.25) is 9.59 Å². The van der Waals surface area contributed by atoms with Crippen LogP contribution in [0.2, 0.25) is 0 Å². The summed E-state index contributed by atoms with van der Waals surface area (Å²) in [5.41, 5.74) is 5.96. The van der Waals surface area contributed by atoms with Crippen molar-refractivity contribution >= 4 is 33.4 Å².